The molecule has 5 nitrogen and oxygen atoms in total. The van der Waals surface area contributed by atoms with Crippen molar-refractivity contribution in [3.63, 3.8) is 0 Å². The number of anilines is 1. The molecule has 1 fully saturated rings. The number of hydrogen-bond acceptors (Lipinski definition) is 4. The van der Waals surface area contributed by atoms with Crippen molar-refractivity contribution in [2.45, 2.75) is 30.6 Å². The number of pyridine rings is 1. The fraction of sp³-hybridized carbons (Fsp3) is 0.294. The average Bonchev–Trinajstić information content (AvgIpc) is 3.31. The largest absolute Gasteiger partial charge is 0.320 e. The summed E-state index contributed by atoms with van der Waals surface area (Å²) in [5.41, 5.74) is 2.54. The molecule has 1 heterocycles. The molecule has 0 radical (unpaired) electrons. The monoisotopic (exact) mass is 330 g/mol. The van der Waals surface area contributed by atoms with Gasteiger partial charge in [-0.2, -0.15) is 0 Å². The molecule has 2 aromatic rings. The van der Waals surface area contributed by atoms with Crippen LogP contribution in [-0.2, 0) is 9.84 Å². The standard InChI is InChI=1S/C17H18N2O3S/c1-11-5-6-13(10-15(11)23(2,21)22)17(20)19-14-4-3-9-18-16(14)12-7-8-12/h3-6,9-10,12H,7-8H2,1-2H3,(H,19,20). The first-order chi connectivity index (χ1) is 10.9. The third kappa shape index (κ3) is 3.42. The Balaban J connectivity index is 1.90. The number of nitrogens with zero attached hydrogens (tertiary/aromatic N) is 1. The lowest BCUT2D eigenvalue weighted by atomic mass is 10.1. The van der Waals surface area contributed by atoms with Gasteiger partial charge in [0.25, 0.3) is 5.91 Å². The molecule has 0 atom stereocenters. The number of hydrogen-bond donors (Lipinski definition) is 1. The molecule has 0 saturated heterocycles. The van der Waals surface area contributed by atoms with Gasteiger partial charge in [0, 0.05) is 23.9 Å². The summed E-state index contributed by atoms with van der Waals surface area (Å²) in [6, 6.07) is 8.30. The van der Waals surface area contributed by atoms with Gasteiger partial charge < -0.3 is 5.32 Å². The number of aromatic nitrogens is 1. The summed E-state index contributed by atoms with van der Waals surface area (Å²) in [7, 11) is -3.37. The van der Waals surface area contributed by atoms with Crippen LogP contribution in [0.25, 0.3) is 0 Å². The van der Waals surface area contributed by atoms with Gasteiger partial charge in [0.05, 0.1) is 16.3 Å². The number of amides is 1. The van der Waals surface area contributed by atoms with E-state index in [1.807, 2.05) is 6.07 Å². The van der Waals surface area contributed by atoms with Crippen LogP contribution in [0, 0.1) is 6.92 Å². The summed E-state index contributed by atoms with van der Waals surface area (Å²) >= 11 is 0. The highest BCUT2D eigenvalue weighted by molar-refractivity contribution is 7.90. The second-order valence-electron chi connectivity index (χ2n) is 5.92. The Labute approximate surface area is 135 Å². The molecule has 1 amide bonds. The highest BCUT2D eigenvalue weighted by Crippen LogP contribution is 2.42. The summed E-state index contributed by atoms with van der Waals surface area (Å²) in [6.07, 6.45) is 5.03. The molecule has 0 bridgehead atoms. The third-order valence-electron chi connectivity index (χ3n) is 3.90. The fourth-order valence-corrected chi connectivity index (χ4v) is 3.53. The lowest BCUT2D eigenvalue weighted by molar-refractivity contribution is 0.102. The molecular formula is C17H18N2O3S. The Morgan fingerprint density at radius 1 is 1.26 bits per heavy atom. The first kappa shape index (κ1) is 15.7. The van der Waals surface area contributed by atoms with E-state index in [4.69, 9.17) is 0 Å². The molecular weight excluding hydrogens is 312 g/mol. The van der Waals surface area contributed by atoms with Gasteiger partial charge in [-0.1, -0.05) is 6.07 Å². The van der Waals surface area contributed by atoms with Crippen molar-refractivity contribution in [3.05, 3.63) is 53.3 Å². The number of benzene rings is 1. The van der Waals surface area contributed by atoms with Crippen LogP contribution >= 0.6 is 0 Å². The molecule has 6 heteroatoms. The van der Waals surface area contributed by atoms with Gasteiger partial charge in [0.15, 0.2) is 9.84 Å². The van der Waals surface area contributed by atoms with E-state index < -0.39 is 9.84 Å². The minimum atomic E-state index is -3.37. The maximum absolute atomic E-state index is 12.5. The van der Waals surface area contributed by atoms with Crippen molar-refractivity contribution in [1.82, 2.24) is 4.98 Å². The van der Waals surface area contributed by atoms with E-state index in [1.54, 1.807) is 31.3 Å². The second-order valence-corrected chi connectivity index (χ2v) is 7.90. The summed E-state index contributed by atoms with van der Waals surface area (Å²) in [6.45, 7) is 1.71. The lowest BCUT2D eigenvalue weighted by Gasteiger charge is -2.11. The first-order valence-corrected chi connectivity index (χ1v) is 9.32. The zero-order valence-corrected chi connectivity index (χ0v) is 13.9. The van der Waals surface area contributed by atoms with Crippen molar-refractivity contribution in [2.24, 2.45) is 0 Å². The van der Waals surface area contributed by atoms with Crippen LogP contribution in [0.3, 0.4) is 0 Å². The summed E-state index contributed by atoms with van der Waals surface area (Å²) in [5, 5.41) is 2.85. The zero-order chi connectivity index (χ0) is 16.6. The molecule has 0 aliphatic heterocycles. The van der Waals surface area contributed by atoms with Crippen LogP contribution in [0.4, 0.5) is 5.69 Å². The van der Waals surface area contributed by atoms with E-state index >= 15 is 0 Å². The van der Waals surface area contributed by atoms with Gasteiger partial charge in [-0.3, -0.25) is 9.78 Å². The highest BCUT2D eigenvalue weighted by Gasteiger charge is 2.28. The number of sulfone groups is 1. The minimum absolute atomic E-state index is 0.179. The van der Waals surface area contributed by atoms with E-state index in [2.05, 4.69) is 10.3 Å². The molecule has 1 aliphatic rings. The molecule has 1 aromatic heterocycles. The smallest absolute Gasteiger partial charge is 0.255 e. The SMILES string of the molecule is Cc1ccc(C(=O)Nc2cccnc2C2CC2)cc1S(C)(=O)=O. The quantitative estimate of drug-likeness (QED) is 0.935. The van der Waals surface area contributed by atoms with E-state index in [0.717, 1.165) is 24.8 Å². The van der Waals surface area contributed by atoms with Gasteiger partial charge in [-0.05, 0) is 49.6 Å². The Hall–Kier alpha value is -2.21. The van der Waals surface area contributed by atoms with E-state index in [0.29, 0.717) is 22.7 Å². The molecule has 23 heavy (non-hydrogen) atoms. The van der Waals surface area contributed by atoms with Crippen molar-refractivity contribution in [1.29, 1.82) is 0 Å². The minimum Gasteiger partial charge on any atom is -0.320 e. The average molecular weight is 330 g/mol. The Morgan fingerprint density at radius 2 is 2.00 bits per heavy atom. The van der Waals surface area contributed by atoms with E-state index in [-0.39, 0.29) is 10.8 Å². The molecule has 120 valence electrons. The molecule has 0 unspecified atom stereocenters. The van der Waals surface area contributed by atoms with Crippen LogP contribution < -0.4 is 5.32 Å². The first-order valence-electron chi connectivity index (χ1n) is 7.43. The molecule has 3 rings (SSSR count). The van der Waals surface area contributed by atoms with Crippen LogP contribution in [-0.4, -0.2) is 25.6 Å². The molecule has 1 N–H and O–H groups in total. The predicted molar refractivity (Wildman–Crippen MR) is 88.5 cm³/mol. The van der Waals surface area contributed by atoms with Gasteiger partial charge >= 0.3 is 0 Å². The van der Waals surface area contributed by atoms with Crippen LogP contribution in [0.2, 0.25) is 0 Å². The molecule has 1 aliphatic carbocycles. The van der Waals surface area contributed by atoms with Gasteiger partial charge in [0.2, 0.25) is 0 Å². The summed E-state index contributed by atoms with van der Waals surface area (Å²) in [4.78, 5) is 17.0. The maximum Gasteiger partial charge on any atom is 0.255 e. The topological polar surface area (TPSA) is 76.1 Å². The highest BCUT2D eigenvalue weighted by atomic mass is 32.2. The number of rotatable bonds is 4. The normalized spacial score (nSPS) is 14.5. The zero-order valence-electron chi connectivity index (χ0n) is 13.0. The molecule has 1 aromatic carbocycles. The second kappa shape index (κ2) is 5.77. The van der Waals surface area contributed by atoms with E-state index in [9.17, 15) is 13.2 Å². The Kier molecular flexibility index (Phi) is 3.93. The van der Waals surface area contributed by atoms with Gasteiger partial charge in [-0.25, -0.2) is 8.42 Å². The summed E-state index contributed by atoms with van der Waals surface area (Å²) < 4.78 is 23.6. The van der Waals surface area contributed by atoms with Crippen LogP contribution in [0.15, 0.2) is 41.4 Å². The Bertz CT molecular complexity index is 871. The number of nitrogens with one attached hydrogen (secondary N) is 1. The van der Waals surface area contributed by atoms with E-state index in [1.165, 1.54) is 6.07 Å². The summed E-state index contributed by atoms with van der Waals surface area (Å²) in [5.74, 6) is 0.0842. The van der Waals surface area contributed by atoms with Gasteiger partial charge in [0.1, 0.15) is 0 Å². The lowest BCUT2D eigenvalue weighted by Crippen LogP contribution is -2.14. The van der Waals surface area contributed by atoms with Crippen molar-refractivity contribution in [2.75, 3.05) is 11.6 Å². The number of carbonyl (C=O) groups excluding carboxylic acids is 1. The van der Waals surface area contributed by atoms with Crippen molar-refractivity contribution in [3.8, 4) is 0 Å². The van der Waals surface area contributed by atoms with Gasteiger partial charge in [-0.15, -0.1) is 0 Å². The molecule has 0 spiro atoms. The Morgan fingerprint density at radius 3 is 2.65 bits per heavy atom. The fourth-order valence-electron chi connectivity index (χ4n) is 2.54. The number of aryl methyl sites for hydroxylation is 1. The van der Waals surface area contributed by atoms with Crippen molar-refractivity contribution < 1.29 is 13.2 Å². The van der Waals surface area contributed by atoms with Crippen LogP contribution in [0.1, 0.15) is 40.4 Å². The van der Waals surface area contributed by atoms with Crippen molar-refractivity contribution >= 4 is 21.4 Å². The third-order valence-corrected chi connectivity index (χ3v) is 5.14. The van der Waals surface area contributed by atoms with Crippen LogP contribution in [0.5, 0.6) is 0 Å². The number of carbonyl (C=O) groups is 1. The maximum atomic E-state index is 12.5. The molecule has 1 saturated carbocycles. The predicted octanol–water partition coefficient (Wildman–Crippen LogP) is 2.92.